The van der Waals surface area contributed by atoms with Crippen LogP contribution in [0.3, 0.4) is 0 Å². The first kappa shape index (κ1) is 18.4. The third-order valence-electron chi connectivity index (χ3n) is 5.66. The molecule has 1 aliphatic rings. The average molecular weight is 350 g/mol. The zero-order chi connectivity index (χ0) is 18.1. The second-order valence-corrected chi connectivity index (χ2v) is 12.6. The molecule has 3 rings (SSSR count). The molecule has 0 radical (unpaired) electrons. The van der Waals surface area contributed by atoms with Gasteiger partial charge in [-0.1, -0.05) is 73.7 Å². The first-order chi connectivity index (χ1) is 11.9. The number of nitrogens with zero attached hydrogens (tertiary/aromatic N) is 2. The highest BCUT2D eigenvalue weighted by Crippen LogP contribution is 2.45. The van der Waals surface area contributed by atoms with Crippen LogP contribution in [0.1, 0.15) is 43.7 Å². The molecule has 2 aromatic rings. The lowest BCUT2D eigenvalue weighted by molar-refractivity contribution is 0.678. The van der Waals surface area contributed by atoms with Crippen LogP contribution in [0.25, 0.3) is 0 Å². The van der Waals surface area contributed by atoms with Gasteiger partial charge in [-0.2, -0.15) is 0 Å². The highest BCUT2D eigenvalue weighted by molar-refractivity contribution is 6.64. The van der Waals surface area contributed by atoms with Crippen LogP contribution in [0.5, 0.6) is 0 Å². The summed E-state index contributed by atoms with van der Waals surface area (Å²) in [5.74, 6) is 0. The van der Waals surface area contributed by atoms with E-state index in [-0.39, 0.29) is 0 Å². The second kappa shape index (κ2) is 7.44. The normalized spacial score (nSPS) is 17.2. The summed E-state index contributed by atoms with van der Waals surface area (Å²) in [5, 5.41) is 0. The summed E-state index contributed by atoms with van der Waals surface area (Å²) >= 11 is -1.08. The monoisotopic (exact) mass is 350 g/mol. The van der Waals surface area contributed by atoms with E-state index >= 15 is 0 Å². The predicted octanol–water partition coefficient (Wildman–Crippen LogP) is 5.80. The number of hydrogen-bond acceptors (Lipinski definition) is 2. The molecule has 1 unspecified atom stereocenters. The topological polar surface area (TPSA) is 6.48 Å². The Morgan fingerprint density at radius 1 is 0.920 bits per heavy atom. The fourth-order valence-corrected chi connectivity index (χ4v) is 9.14. The predicted molar refractivity (Wildman–Crippen MR) is 112 cm³/mol. The summed E-state index contributed by atoms with van der Waals surface area (Å²) in [4.78, 5) is 5.65. The van der Waals surface area contributed by atoms with Gasteiger partial charge >= 0.3 is 14.1 Å². The first-order valence-electron chi connectivity index (χ1n) is 9.54. The third kappa shape index (κ3) is 3.46. The minimum Gasteiger partial charge on any atom is -0.360 e. The van der Waals surface area contributed by atoms with Crippen molar-refractivity contribution in [2.45, 2.75) is 49.1 Å². The van der Waals surface area contributed by atoms with E-state index in [2.05, 4.69) is 100.0 Å². The maximum atomic E-state index is 2.67. The van der Waals surface area contributed by atoms with Gasteiger partial charge in [0.25, 0.3) is 0 Å². The van der Waals surface area contributed by atoms with Gasteiger partial charge in [0, 0.05) is 23.3 Å². The fourth-order valence-electron chi connectivity index (χ4n) is 4.77. The lowest BCUT2D eigenvalue weighted by Gasteiger charge is -2.48. The summed E-state index contributed by atoms with van der Waals surface area (Å²) in [7, 11) is 2.24. The van der Waals surface area contributed by atoms with Crippen molar-refractivity contribution in [1.29, 1.82) is 0 Å². The van der Waals surface area contributed by atoms with Crippen LogP contribution in [0.15, 0.2) is 48.5 Å². The molecule has 0 saturated heterocycles. The number of anilines is 2. The van der Waals surface area contributed by atoms with Crippen molar-refractivity contribution in [3.63, 3.8) is 0 Å². The van der Waals surface area contributed by atoms with Crippen LogP contribution >= 0.6 is 0 Å². The van der Waals surface area contributed by atoms with E-state index in [1.807, 2.05) is 0 Å². The third-order valence-corrected chi connectivity index (χ3v) is 10.2. The van der Waals surface area contributed by atoms with Crippen molar-refractivity contribution in [3.8, 4) is 0 Å². The summed E-state index contributed by atoms with van der Waals surface area (Å²) in [6, 6.07) is 17.9. The number of fused-ring (bicyclic) bond motifs is 1. The van der Waals surface area contributed by atoms with E-state index in [0.29, 0.717) is 4.90 Å². The molecule has 1 aliphatic heterocycles. The molecule has 2 nitrogen and oxygen atoms in total. The van der Waals surface area contributed by atoms with Crippen molar-refractivity contribution >= 4 is 25.5 Å². The molecular weight excluding hydrogens is 319 g/mol. The van der Waals surface area contributed by atoms with Gasteiger partial charge < -0.3 is 9.80 Å². The lowest BCUT2D eigenvalue weighted by atomic mass is 10.0. The van der Waals surface area contributed by atoms with Crippen LogP contribution < -0.4 is 9.80 Å². The standard InChI is InChI=1S/C16H17N2.2C3H7.Al/c1-13-7-6-8-14-11-18(12-17(2)16(13)14)15-9-4-3-5-10-15;2*1-3-2;/h3-11H,12H2,1-2H3;2*3H,1-2H3;. The van der Waals surface area contributed by atoms with Crippen molar-refractivity contribution in [3.05, 3.63) is 59.7 Å². The Bertz CT molecular complexity index is 703. The number of hydrogen-bond donors (Lipinski definition) is 0. The molecule has 0 spiro atoms. The van der Waals surface area contributed by atoms with Crippen molar-refractivity contribution in [1.82, 2.24) is 0 Å². The zero-order valence-corrected chi connectivity index (χ0v) is 17.7. The quantitative estimate of drug-likeness (QED) is 0.643. The van der Waals surface area contributed by atoms with Crippen LogP contribution in [0.4, 0.5) is 11.4 Å². The molecule has 0 N–H and O–H groups in total. The van der Waals surface area contributed by atoms with Crippen molar-refractivity contribution in [2.24, 2.45) is 0 Å². The highest BCUT2D eigenvalue weighted by Gasteiger charge is 2.42. The molecule has 1 heterocycles. The molecular formula is C22H31AlN2. The molecule has 0 aliphatic carbocycles. The van der Waals surface area contributed by atoms with Gasteiger partial charge in [-0.15, -0.1) is 0 Å². The summed E-state index contributed by atoms with van der Waals surface area (Å²) in [6.45, 7) is 13.0. The van der Waals surface area contributed by atoms with Crippen molar-refractivity contribution in [2.75, 3.05) is 23.5 Å². The van der Waals surface area contributed by atoms with Gasteiger partial charge in [-0.05, 0) is 30.2 Å². The number of rotatable bonds is 4. The molecule has 25 heavy (non-hydrogen) atoms. The van der Waals surface area contributed by atoms with E-state index in [0.717, 1.165) is 16.2 Å². The fraction of sp³-hybridized carbons (Fsp3) is 0.455. The number of benzene rings is 2. The van der Waals surface area contributed by atoms with Gasteiger partial charge in [0.2, 0.25) is 0 Å². The SMILES string of the molecule is Cc1cccc2c1N(C)CN(c1ccccc1)[CH]2[Al]([CH](C)C)[CH](C)C. The van der Waals surface area contributed by atoms with Crippen LogP contribution in [0.2, 0.25) is 9.56 Å². The zero-order valence-electron chi connectivity index (χ0n) is 16.5. The Kier molecular flexibility index (Phi) is 5.47. The van der Waals surface area contributed by atoms with E-state index in [9.17, 15) is 0 Å². The largest absolute Gasteiger partial charge is 0.360 e. The Morgan fingerprint density at radius 3 is 2.16 bits per heavy atom. The van der Waals surface area contributed by atoms with Gasteiger partial charge in [0.1, 0.15) is 0 Å². The molecule has 0 amide bonds. The lowest BCUT2D eigenvalue weighted by Crippen LogP contribution is -2.51. The van der Waals surface area contributed by atoms with Crippen LogP contribution in [-0.4, -0.2) is 27.9 Å². The van der Waals surface area contributed by atoms with Crippen LogP contribution in [0, 0.1) is 6.92 Å². The second-order valence-electron chi connectivity index (χ2n) is 8.17. The first-order valence-corrected chi connectivity index (χ1v) is 11.5. The minimum atomic E-state index is -1.08. The van der Waals surface area contributed by atoms with Crippen LogP contribution in [-0.2, 0) is 0 Å². The summed E-state index contributed by atoms with van der Waals surface area (Å²) in [5.41, 5.74) is 5.75. The molecule has 0 aromatic heterocycles. The van der Waals surface area contributed by atoms with Gasteiger partial charge in [0.05, 0.1) is 6.67 Å². The molecule has 0 saturated carbocycles. The Labute approximate surface area is 157 Å². The molecule has 0 fully saturated rings. The Balaban J connectivity index is 2.19. The molecule has 2 aromatic carbocycles. The number of aryl methyl sites for hydroxylation is 1. The van der Waals surface area contributed by atoms with E-state index < -0.39 is 14.1 Å². The number of para-hydroxylation sites is 2. The van der Waals surface area contributed by atoms with Gasteiger partial charge in [-0.3, -0.25) is 0 Å². The van der Waals surface area contributed by atoms with Gasteiger partial charge in [-0.25, -0.2) is 0 Å². The minimum absolute atomic E-state index is 0.550. The Morgan fingerprint density at radius 2 is 1.56 bits per heavy atom. The molecule has 1 atom stereocenters. The van der Waals surface area contributed by atoms with Crippen molar-refractivity contribution < 1.29 is 0 Å². The van der Waals surface area contributed by atoms with E-state index in [1.165, 1.54) is 22.5 Å². The summed E-state index contributed by atoms with van der Waals surface area (Å²) in [6.07, 6.45) is 0. The smallest absolute Gasteiger partial charge is 0.308 e. The molecule has 132 valence electrons. The van der Waals surface area contributed by atoms with E-state index in [1.54, 1.807) is 0 Å². The average Bonchev–Trinajstić information content (AvgIpc) is 2.57. The highest BCUT2D eigenvalue weighted by atomic mass is 27.2. The Hall–Kier alpha value is -1.43. The summed E-state index contributed by atoms with van der Waals surface area (Å²) < 4.78 is 1.54. The van der Waals surface area contributed by atoms with Gasteiger partial charge in [0.15, 0.2) is 0 Å². The molecule has 0 bridgehead atoms. The molecule has 3 heteroatoms. The van der Waals surface area contributed by atoms with E-state index in [4.69, 9.17) is 0 Å². The maximum Gasteiger partial charge on any atom is 0.308 e. The maximum absolute atomic E-state index is 2.67.